The molecule has 26 heavy (non-hydrogen) atoms. The van der Waals surface area contributed by atoms with Gasteiger partial charge in [0.15, 0.2) is 6.61 Å². The Kier molecular flexibility index (Phi) is 7.06. The highest BCUT2D eigenvalue weighted by Crippen LogP contribution is 2.25. The van der Waals surface area contributed by atoms with E-state index in [1.54, 1.807) is 43.4 Å². The predicted octanol–water partition coefficient (Wildman–Crippen LogP) is 2.76. The van der Waals surface area contributed by atoms with Gasteiger partial charge in [-0.2, -0.15) is 0 Å². The number of nitrogens with zero attached hydrogens (tertiary/aromatic N) is 1. The van der Waals surface area contributed by atoms with E-state index in [0.29, 0.717) is 23.3 Å². The van der Waals surface area contributed by atoms with Gasteiger partial charge in [-0.1, -0.05) is 13.8 Å². The molecule has 0 radical (unpaired) electrons. The summed E-state index contributed by atoms with van der Waals surface area (Å²) in [4.78, 5) is 25.9. The van der Waals surface area contributed by atoms with Crippen LogP contribution < -0.4 is 9.47 Å². The molecule has 1 heterocycles. The normalized spacial score (nSPS) is 20.1. The number of benzene rings is 1. The van der Waals surface area contributed by atoms with Crippen LogP contribution in [0, 0.1) is 11.8 Å². The van der Waals surface area contributed by atoms with Crippen LogP contribution in [0.3, 0.4) is 0 Å². The monoisotopic (exact) mass is 361 g/mol. The van der Waals surface area contributed by atoms with E-state index in [-0.39, 0.29) is 12.5 Å². The van der Waals surface area contributed by atoms with E-state index in [4.69, 9.17) is 14.2 Å². The molecule has 6 nitrogen and oxygen atoms in total. The Labute approximate surface area is 154 Å². The lowest BCUT2D eigenvalue weighted by atomic mass is 9.92. The maximum Gasteiger partial charge on any atom is 0.331 e. The highest BCUT2D eigenvalue weighted by Gasteiger charge is 2.25. The Morgan fingerprint density at radius 2 is 1.85 bits per heavy atom. The van der Waals surface area contributed by atoms with Gasteiger partial charge in [0.2, 0.25) is 0 Å². The number of amides is 1. The lowest BCUT2D eigenvalue weighted by Gasteiger charge is -2.34. The molecule has 1 aliphatic heterocycles. The number of piperidine rings is 1. The molecule has 2 atom stereocenters. The molecular weight excluding hydrogens is 334 g/mol. The summed E-state index contributed by atoms with van der Waals surface area (Å²) < 4.78 is 15.5. The first kappa shape index (κ1) is 19.8. The van der Waals surface area contributed by atoms with Crippen molar-refractivity contribution in [3.8, 4) is 11.5 Å². The lowest BCUT2D eigenvalue weighted by Crippen LogP contribution is -2.44. The predicted molar refractivity (Wildman–Crippen MR) is 99.1 cm³/mol. The van der Waals surface area contributed by atoms with Crippen LogP contribution in [0.25, 0.3) is 6.08 Å². The first-order valence-corrected chi connectivity index (χ1v) is 8.77. The van der Waals surface area contributed by atoms with Crippen LogP contribution in [0.2, 0.25) is 0 Å². The van der Waals surface area contributed by atoms with Gasteiger partial charge in [0.1, 0.15) is 11.5 Å². The number of esters is 1. The summed E-state index contributed by atoms with van der Waals surface area (Å²) in [7, 11) is 3.12. The zero-order chi connectivity index (χ0) is 19.1. The van der Waals surface area contributed by atoms with Gasteiger partial charge in [-0.15, -0.1) is 0 Å². The third-order valence-corrected chi connectivity index (χ3v) is 4.40. The van der Waals surface area contributed by atoms with Crippen molar-refractivity contribution in [3.63, 3.8) is 0 Å². The highest BCUT2D eigenvalue weighted by atomic mass is 16.5. The molecule has 1 saturated heterocycles. The third-order valence-electron chi connectivity index (χ3n) is 4.40. The van der Waals surface area contributed by atoms with Gasteiger partial charge in [-0.25, -0.2) is 4.79 Å². The number of likely N-dealkylation sites (tertiary alicyclic amines) is 1. The third kappa shape index (κ3) is 5.51. The molecule has 0 spiro atoms. The molecule has 2 rings (SSSR count). The zero-order valence-electron chi connectivity index (χ0n) is 15.9. The van der Waals surface area contributed by atoms with Gasteiger partial charge in [0, 0.05) is 30.8 Å². The minimum atomic E-state index is -0.561. The smallest absolute Gasteiger partial charge is 0.331 e. The lowest BCUT2D eigenvalue weighted by molar-refractivity contribution is -0.149. The first-order valence-electron chi connectivity index (χ1n) is 8.77. The van der Waals surface area contributed by atoms with Crippen LogP contribution in [0.4, 0.5) is 0 Å². The number of rotatable bonds is 6. The van der Waals surface area contributed by atoms with E-state index in [0.717, 1.165) is 25.1 Å². The first-order chi connectivity index (χ1) is 12.4. The van der Waals surface area contributed by atoms with Crippen molar-refractivity contribution in [3.05, 3.63) is 29.8 Å². The average Bonchev–Trinajstić information content (AvgIpc) is 2.63. The summed E-state index contributed by atoms with van der Waals surface area (Å²) in [5.41, 5.74) is 0.718. The van der Waals surface area contributed by atoms with Crippen LogP contribution in [0.5, 0.6) is 11.5 Å². The van der Waals surface area contributed by atoms with Crippen LogP contribution >= 0.6 is 0 Å². The van der Waals surface area contributed by atoms with Crippen molar-refractivity contribution in [1.82, 2.24) is 4.90 Å². The molecule has 6 heteroatoms. The van der Waals surface area contributed by atoms with Crippen molar-refractivity contribution in [1.29, 1.82) is 0 Å². The quantitative estimate of drug-likeness (QED) is 0.576. The SMILES string of the molecule is COc1ccc(/C=C/C(=O)OCC(=O)N2C[C@H](C)C[C@@H](C)C2)c(OC)c1. The number of ether oxygens (including phenoxy) is 3. The molecule has 1 amide bonds. The van der Waals surface area contributed by atoms with Crippen LogP contribution in [0.15, 0.2) is 24.3 Å². The average molecular weight is 361 g/mol. The van der Waals surface area contributed by atoms with Crippen molar-refractivity contribution in [2.45, 2.75) is 20.3 Å². The minimum absolute atomic E-state index is 0.146. The molecule has 0 aliphatic carbocycles. The molecule has 0 aromatic heterocycles. The van der Waals surface area contributed by atoms with E-state index in [1.165, 1.54) is 6.08 Å². The molecule has 0 N–H and O–H groups in total. The van der Waals surface area contributed by atoms with Crippen molar-refractivity contribution in [2.75, 3.05) is 33.9 Å². The van der Waals surface area contributed by atoms with Gasteiger partial charge >= 0.3 is 5.97 Å². The molecule has 0 bridgehead atoms. The zero-order valence-corrected chi connectivity index (χ0v) is 15.9. The Balaban J connectivity index is 1.88. The van der Waals surface area contributed by atoms with E-state index in [1.807, 2.05) is 0 Å². The van der Waals surface area contributed by atoms with Gasteiger partial charge < -0.3 is 19.1 Å². The van der Waals surface area contributed by atoms with Gasteiger partial charge in [-0.3, -0.25) is 4.79 Å². The summed E-state index contributed by atoms with van der Waals surface area (Å²) in [5, 5.41) is 0. The number of carbonyl (C=O) groups excluding carboxylic acids is 2. The number of methoxy groups -OCH3 is 2. The van der Waals surface area contributed by atoms with E-state index in [2.05, 4.69) is 13.8 Å². The molecular formula is C20H27NO5. The van der Waals surface area contributed by atoms with Crippen molar-refractivity contribution >= 4 is 18.0 Å². The minimum Gasteiger partial charge on any atom is -0.497 e. The second-order valence-electron chi connectivity index (χ2n) is 6.79. The fraction of sp³-hybridized carbons (Fsp3) is 0.500. The maximum atomic E-state index is 12.2. The number of hydrogen-bond donors (Lipinski definition) is 0. The van der Waals surface area contributed by atoms with E-state index < -0.39 is 5.97 Å². The molecule has 1 aromatic carbocycles. The van der Waals surface area contributed by atoms with Crippen LogP contribution in [-0.4, -0.2) is 50.7 Å². The number of carbonyl (C=O) groups is 2. The second kappa shape index (κ2) is 9.27. The van der Waals surface area contributed by atoms with Gasteiger partial charge in [0.25, 0.3) is 5.91 Å². The topological polar surface area (TPSA) is 65.1 Å². The maximum absolute atomic E-state index is 12.2. The molecule has 0 saturated carbocycles. The summed E-state index contributed by atoms with van der Waals surface area (Å²) >= 11 is 0. The van der Waals surface area contributed by atoms with Gasteiger partial charge in [-0.05, 0) is 36.5 Å². The Hall–Kier alpha value is -2.50. The standard InChI is InChI=1S/C20H27NO5/c1-14-9-15(2)12-21(11-14)19(22)13-26-20(23)8-6-16-5-7-17(24-3)10-18(16)25-4/h5-8,10,14-15H,9,11-13H2,1-4H3/b8-6+/t14-,15-/m1/s1. The molecule has 142 valence electrons. The Morgan fingerprint density at radius 3 is 2.46 bits per heavy atom. The molecule has 1 aliphatic rings. The highest BCUT2D eigenvalue weighted by molar-refractivity contribution is 5.89. The van der Waals surface area contributed by atoms with E-state index in [9.17, 15) is 9.59 Å². The van der Waals surface area contributed by atoms with Crippen molar-refractivity contribution in [2.24, 2.45) is 11.8 Å². The fourth-order valence-electron chi connectivity index (χ4n) is 3.25. The summed E-state index contributed by atoms with van der Waals surface area (Å²) in [6, 6.07) is 5.28. The molecule has 1 fully saturated rings. The Bertz CT molecular complexity index is 660. The van der Waals surface area contributed by atoms with Crippen molar-refractivity contribution < 1.29 is 23.8 Å². The van der Waals surface area contributed by atoms with Crippen LogP contribution in [0.1, 0.15) is 25.8 Å². The summed E-state index contributed by atoms with van der Waals surface area (Å²) in [6.45, 7) is 5.47. The van der Waals surface area contributed by atoms with Crippen LogP contribution in [-0.2, 0) is 14.3 Å². The molecule has 1 aromatic rings. The fourth-order valence-corrected chi connectivity index (χ4v) is 3.25. The van der Waals surface area contributed by atoms with Gasteiger partial charge in [0.05, 0.1) is 14.2 Å². The summed E-state index contributed by atoms with van der Waals surface area (Å²) in [6.07, 6.45) is 4.01. The van der Waals surface area contributed by atoms with E-state index >= 15 is 0 Å². The Morgan fingerprint density at radius 1 is 1.15 bits per heavy atom. The second-order valence-corrected chi connectivity index (χ2v) is 6.79. The number of hydrogen-bond acceptors (Lipinski definition) is 5. The largest absolute Gasteiger partial charge is 0.497 e. The summed E-state index contributed by atoms with van der Waals surface area (Å²) in [5.74, 6) is 1.49. The molecule has 0 unspecified atom stereocenters.